The van der Waals surface area contributed by atoms with E-state index >= 15 is 0 Å². The van der Waals surface area contributed by atoms with Gasteiger partial charge in [-0.1, -0.05) is 6.92 Å². The van der Waals surface area contributed by atoms with E-state index in [9.17, 15) is 92.2 Å². The molecule has 0 saturated heterocycles. The summed E-state index contributed by atoms with van der Waals surface area (Å²) < 4.78 is 271. The van der Waals surface area contributed by atoms with Crippen LogP contribution in [0.5, 0.6) is 0 Å². The summed E-state index contributed by atoms with van der Waals surface area (Å²) in [7, 11) is -1.37. The van der Waals surface area contributed by atoms with Crippen LogP contribution in [0.4, 0.5) is 92.2 Å². The first-order valence-corrected chi connectivity index (χ1v) is 10.7. The second-order valence-electron chi connectivity index (χ2n) is 7.18. The molecule has 0 bridgehead atoms. The van der Waals surface area contributed by atoms with Crippen LogP contribution in [0.25, 0.3) is 11.1 Å². The molecule has 0 aromatic heterocycles. The Morgan fingerprint density at radius 3 is 1.07 bits per heavy atom. The maximum atomic E-state index is 13.9. The topological polar surface area (TPSA) is 0 Å². The van der Waals surface area contributed by atoms with E-state index in [1.165, 1.54) is 6.92 Å². The average molecular weight is 664 g/mol. The minimum atomic E-state index is -7.10. The van der Waals surface area contributed by atoms with Gasteiger partial charge < -0.3 is 0 Å². The lowest BCUT2D eigenvalue weighted by atomic mass is 9.88. The monoisotopic (exact) mass is 664 g/mol. The minimum absolute atomic E-state index is 0.146. The molecule has 1 unspecified atom stereocenters. The zero-order valence-electron chi connectivity index (χ0n) is 18.6. The van der Waals surface area contributed by atoms with Gasteiger partial charge >= 0.3 is 30.1 Å². The molecule has 0 spiro atoms. The second-order valence-corrected chi connectivity index (χ2v) is 8.87. The third-order valence-electron chi connectivity index (χ3n) is 4.49. The summed E-state index contributed by atoms with van der Waals surface area (Å²) in [5.74, 6) is -34.1. The lowest BCUT2D eigenvalue weighted by molar-refractivity contribution is -0.290. The van der Waals surface area contributed by atoms with Crippen LogP contribution in [-0.4, -0.2) is 24.2 Å². The number of hydrogen-bond acceptors (Lipinski definition) is 0. The van der Waals surface area contributed by atoms with Crippen molar-refractivity contribution in [3.63, 3.8) is 0 Å². The fourth-order valence-electron chi connectivity index (χ4n) is 2.76. The molecule has 2 rings (SSSR count). The Kier molecular flexibility index (Phi) is 10.3. The molecule has 0 aliphatic rings. The van der Waals surface area contributed by atoms with Gasteiger partial charge in [-0.2, -0.15) is 57.1 Å². The summed E-state index contributed by atoms with van der Waals surface area (Å²) in [6.45, 7) is 1.29. The normalized spacial score (nSPS) is 13.6. The zero-order valence-corrected chi connectivity index (χ0v) is 19.6. The molecule has 0 nitrogen and oxygen atoms in total. The number of benzene rings is 2. The fourth-order valence-corrected chi connectivity index (χ4v) is 3.40. The minimum Gasteiger partial charge on any atom is -0.203 e. The molecular weight excluding hydrogens is 658 g/mol. The van der Waals surface area contributed by atoms with Crippen LogP contribution >= 0.6 is 8.58 Å². The second kappa shape index (κ2) is 11.6. The molecule has 41 heavy (non-hydrogen) atoms. The molecule has 2 aromatic carbocycles. The fraction of sp³-hybridized carbons (Fsp3) is 0.368. The van der Waals surface area contributed by atoms with Gasteiger partial charge in [-0.05, 0) is 14.7 Å². The van der Waals surface area contributed by atoms with Crippen LogP contribution in [0.2, 0.25) is 0 Å². The van der Waals surface area contributed by atoms with Gasteiger partial charge in [-0.3, -0.25) is 0 Å². The average Bonchev–Trinajstić information content (AvgIpc) is 2.78. The highest BCUT2D eigenvalue weighted by atomic mass is 31.1. The molecule has 1 atom stereocenters. The Morgan fingerprint density at radius 1 is 0.439 bits per heavy atom. The number of hydrogen-bond donors (Lipinski definition) is 0. The van der Waals surface area contributed by atoms with Gasteiger partial charge in [0.2, 0.25) is 5.82 Å². The van der Waals surface area contributed by atoms with Crippen molar-refractivity contribution < 1.29 is 92.2 Å². The van der Waals surface area contributed by atoms with Gasteiger partial charge in [-0.15, -0.1) is 0 Å². The summed E-state index contributed by atoms with van der Waals surface area (Å²) in [6.07, 6.45) is -19.2. The predicted octanol–water partition coefficient (Wildman–Crippen LogP) is 9.98. The van der Waals surface area contributed by atoms with Crippen molar-refractivity contribution in [2.75, 3.05) is 6.16 Å². The highest BCUT2D eigenvalue weighted by Gasteiger charge is 2.63. The maximum absolute atomic E-state index is 13.9. The Morgan fingerprint density at radius 2 is 0.780 bits per heavy atom. The van der Waals surface area contributed by atoms with Gasteiger partial charge in [0, 0.05) is 5.56 Å². The van der Waals surface area contributed by atoms with E-state index in [2.05, 4.69) is 0 Å². The van der Waals surface area contributed by atoms with Crippen molar-refractivity contribution in [2.24, 2.45) is 0 Å². The highest BCUT2D eigenvalue weighted by Crippen LogP contribution is 2.53. The Labute approximate surface area is 213 Å². The van der Waals surface area contributed by atoms with Crippen molar-refractivity contribution in [2.45, 2.75) is 37.0 Å². The predicted molar refractivity (Wildman–Crippen MR) is 96.4 cm³/mol. The number of halogens is 21. The summed E-state index contributed by atoms with van der Waals surface area (Å²) in [5, 5.41) is 0. The van der Waals surface area contributed by atoms with E-state index in [0.717, 1.165) is 0 Å². The van der Waals surface area contributed by atoms with Gasteiger partial charge in [0.1, 0.15) is 5.56 Å². The van der Waals surface area contributed by atoms with Crippen LogP contribution in [0.3, 0.4) is 0 Å². The third kappa shape index (κ3) is 6.74. The van der Waals surface area contributed by atoms with Crippen LogP contribution in [0.15, 0.2) is 0 Å². The molecule has 0 radical (unpaired) electrons. The Hall–Kier alpha value is -2.60. The summed E-state index contributed by atoms with van der Waals surface area (Å²) in [5.41, 5.74) is -18.7. The molecule has 22 heteroatoms. The van der Waals surface area contributed by atoms with E-state index in [1.54, 1.807) is 0 Å². The van der Waals surface area contributed by atoms with E-state index in [1.807, 2.05) is 0 Å². The molecule has 0 aliphatic carbocycles. The summed E-state index contributed by atoms with van der Waals surface area (Å²) in [4.78, 5) is 0. The summed E-state index contributed by atoms with van der Waals surface area (Å²) >= 11 is 0. The zero-order chi connectivity index (χ0) is 32.8. The molecule has 0 fully saturated rings. The number of alkyl halides is 13. The van der Waals surface area contributed by atoms with Gasteiger partial charge in [-0.25, -0.2) is 35.1 Å². The number of rotatable bonds is 4. The van der Waals surface area contributed by atoms with Crippen molar-refractivity contribution in [3.8, 4) is 11.1 Å². The van der Waals surface area contributed by atoms with Crippen molar-refractivity contribution in [3.05, 3.63) is 57.7 Å². The molecule has 2 aromatic rings. The van der Waals surface area contributed by atoms with Crippen LogP contribution in [-0.2, 0) is 12.1 Å². The van der Waals surface area contributed by atoms with Gasteiger partial charge in [0.25, 0.3) is 0 Å². The third-order valence-corrected chi connectivity index (χ3v) is 5.57. The molecular formula is C19H6F21P. The molecule has 0 N–H and O–H groups in total. The quantitative estimate of drug-likeness (QED) is 0.132. The Balaban J connectivity index is 0.000000716. The molecule has 0 amide bonds. The molecule has 0 saturated carbocycles. The highest BCUT2D eigenvalue weighted by molar-refractivity contribution is 7.39. The first kappa shape index (κ1) is 36.4. The molecule has 0 aliphatic heterocycles. The van der Waals surface area contributed by atoms with E-state index in [-0.39, 0.29) is 6.16 Å². The smallest absolute Gasteiger partial charge is 0.203 e. The van der Waals surface area contributed by atoms with Crippen LogP contribution in [0, 0.1) is 46.5 Å². The molecule has 0 heterocycles. The largest absolute Gasteiger partial charge is 0.458 e. The Bertz CT molecular complexity index is 1260. The first-order valence-electron chi connectivity index (χ1n) is 9.53. The standard InChI is InChI=1S/C15F16.C4H6F5P/c16-5-2(6(17)10(21)12(23)9(5)20)1-3(13(24,25)15(29,30)31)7(18)11(22)8(19)4(1)14(26,27)28;1-2-10-4(8,9)3(5,6)7/h;10H,2H2,1H3. The van der Waals surface area contributed by atoms with Crippen molar-refractivity contribution >= 4 is 8.58 Å². The lowest BCUT2D eigenvalue weighted by Gasteiger charge is -2.26. The van der Waals surface area contributed by atoms with Crippen molar-refractivity contribution in [1.29, 1.82) is 0 Å². The SMILES string of the molecule is CCPC(F)(F)C(F)(F)F.Fc1c(F)c(F)c(-c2c(C(F)(F)F)c(F)c(F)c(F)c2C(F)(F)C(F)(F)F)c(F)c1F. The van der Waals surface area contributed by atoms with E-state index < -0.39 is 107 Å². The first-order chi connectivity index (χ1) is 18.1. The maximum Gasteiger partial charge on any atom is 0.458 e. The van der Waals surface area contributed by atoms with Crippen LogP contribution in [0.1, 0.15) is 18.1 Å². The van der Waals surface area contributed by atoms with Gasteiger partial charge in [0.05, 0.1) is 11.1 Å². The molecule has 234 valence electrons. The van der Waals surface area contributed by atoms with Crippen LogP contribution < -0.4 is 0 Å². The van der Waals surface area contributed by atoms with Crippen molar-refractivity contribution in [1.82, 2.24) is 0 Å². The summed E-state index contributed by atoms with van der Waals surface area (Å²) in [6, 6.07) is 0. The van der Waals surface area contributed by atoms with Gasteiger partial charge in [0.15, 0.2) is 40.7 Å². The van der Waals surface area contributed by atoms with E-state index in [4.69, 9.17) is 0 Å². The van der Waals surface area contributed by atoms with E-state index in [0.29, 0.717) is 0 Å². The lowest BCUT2D eigenvalue weighted by Crippen LogP contribution is -2.36.